The fraction of sp³-hybridized carbons (Fsp3) is 0.0526. The quantitative estimate of drug-likeness (QED) is 0.531. The molecule has 0 atom stereocenters. The lowest BCUT2D eigenvalue weighted by Gasteiger charge is -2.01. The van der Waals surface area contributed by atoms with Crippen molar-refractivity contribution in [1.29, 1.82) is 5.26 Å². The molecule has 124 valence electrons. The van der Waals surface area contributed by atoms with Crippen molar-refractivity contribution in [3.63, 3.8) is 0 Å². The van der Waals surface area contributed by atoms with E-state index in [4.69, 9.17) is 8.83 Å². The smallest absolute Gasteiger partial charge is 0.262 e. The predicted molar refractivity (Wildman–Crippen MR) is 93.4 cm³/mol. The minimum atomic E-state index is -0.479. The molecule has 1 aromatic carbocycles. The molecule has 2 aromatic heterocycles. The fourth-order valence-corrected chi connectivity index (χ4v) is 2.84. The number of carbonyl (C=O) groups is 1. The second kappa shape index (κ2) is 8.08. The van der Waals surface area contributed by atoms with Crippen LogP contribution in [0, 0.1) is 11.3 Å². The summed E-state index contributed by atoms with van der Waals surface area (Å²) in [6.07, 6.45) is 2.95. The Hall–Kier alpha value is -3.17. The average molecular weight is 350 g/mol. The molecule has 1 amide bonds. The fourth-order valence-electron chi connectivity index (χ4n) is 2.04. The van der Waals surface area contributed by atoms with E-state index in [1.54, 1.807) is 24.3 Å². The molecule has 6 heteroatoms. The second-order valence-electron chi connectivity index (χ2n) is 5.00. The van der Waals surface area contributed by atoms with Crippen molar-refractivity contribution < 1.29 is 13.6 Å². The van der Waals surface area contributed by atoms with Gasteiger partial charge in [-0.05, 0) is 36.4 Å². The van der Waals surface area contributed by atoms with E-state index in [0.29, 0.717) is 16.6 Å². The summed E-state index contributed by atoms with van der Waals surface area (Å²) in [5.41, 5.74) is -0.0304. The molecule has 0 aliphatic carbocycles. The highest BCUT2D eigenvalue weighted by molar-refractivity contribution is 7.99. The maximum atomic E-state index is 12.1. The molecule has 5 nitrogen and oxygen atoms in total. The highest BCUT2D eigenvalue weighted by atomic mass is 32.2. The maximum absolute atomic E-state index is 12.1. The van der Waals surface area contributed by atoms with Crippen LogP contribution in [0.25, 0.3) is 6.08 Å². The third-order valence-corrected chi connectivity index (χ3v) is 4.15. The summed E-state index contributed by atoms with van der Waals surface area (Å²) < 4.78 is 10.8. The molecule has 0 saturated carbocycles. The zero-order valence-electron chi connectivity index (χ0n) is 13.1. The molecule has 0 aliphatic rings. The van der Waals surface area contributed by atoms with Crippen molar-refractivity contribution in [3.8, 4) is 6.07 Å². The molecule has 0 unspecified atom stereocenters. The van der Waals surface area contributed by atoms with Gasteiger partial charge in [-0.1, -0.05) is 30.0 Å². The number of rotatable bonds is 6. The van der Waals surface area contributed by atoms with Crippen LogP contribution in [0.4, 0.5) is 0 Å². The third kappa shape index (κ3) is 4.66. The van der Waals surface area contributed by atoms with Crippen molar-refractivity contribution in [1.82, 2.24) is 5.32 Å². The van der Waals surface area contributed by atoms with Gasteiger partial charge in [-0.2, -0.15) is 5.26 Å². The van der Waals surface area contributed by atoms with Crippen molar-refractivity contribution in [2.75, 3.05) is 0 Å². The van der Waals surface area contributed by atoms with E-state index in [0.717, 1.165) is 4.90 Å². The number of carbonyl (C=O) groups excluding carboxylic acids is 1. The van der Waals surface area contributed by atoms with Crippen molar-refractivity contribution in [2.45, 2.75) is 16.5 Å². The van der Waals surface area contributed by atoms with Gasteiger partial charge in [0.1, 0.15) is 23.2 Å². The minimum absolute atomic E-state index is 0.0304. The van der Waals surface area contributed by atoms with Gasteiger partial charge in [0, 0.05) is 11.0 Å². The van der Waals surface area contributed by atoms with Crippen molar-refractivity contribution in [3.05, 3.63) is 78.0 Å². The first kappa shape index (κ1) is 16.7. The number of hydrogen-bond donors (Lipinski definition) is 1. The SMILES string of the molecule is N#C/C(=C\c1ccc(Sc2ccccc2)o1)C(=O)NCc1ccco1. The molecule has 25 heavy (non-hydrogen) atoms. The van der Waals surface area contributed by atoms with Gasteiger partial charge in [0.2, 0.25) is 0 Å². The summed E-state index contributed by atoms with van der Waals surface area (Å²) in [5.74, 6) is 0.584. The molecule has 3 rings (SSSR count). The third-order valence-electron chi connectivity index (χ3n) is 3.22. The van der Waals surface area contributed by atoms with Gasteiger partial charge in [-0.3, -0.25) is 4.79 Å². The molecule has 0 radical (unpaired) electrons. The van der Waals surface area contributed by atoms with Crippen LogP contribution in [0.1, 0.15) is 11.5 Å². The van der Waals surface area contributed by atoms with Gasteiger partial charge in [-0.25, -0.2) is 0 Å². The first-order valence-electron chi connectivity index (χ1n) is 7.50. The Morgan fingerprint density at radius 1 is 1.16 bits per heavy atom. The number of nitriles is 1. The zero-order chi connectivity index (χ0) is 17.5. The number of furan rings is 2. The van der Waals surface area contributed by atoms with Crippen LogP contribution in [0.2, 0.25) is 0 Å². The topological polar surface area (TPSA) is 79.2 Å². The summed E-state index contributed by atoms with van der Waals surface area (Å²) in [4.78, 5) is 13.1. The van der Waals surface area contributed by atoms with E-state index in [-0.39, 0.29) is 12.1 Å². The van der Waals surface area contributed by atoms with Crippen LogP contribution in [0.5, 0.6) is 0 Å². The Labute approximate surface area is 148 Å². The molecular formula is C19H14N2O3S. The van der Waals surface area contributed by atoms with Crippen LogP contribution in [-0.2, 0) is 11.3 Å². The average Bonchev–Trinajstić information content (AvgIpc) is 3.30. The largest absolute Gasteiger partial charge is 0.467 e. The number of benzene rings is 1. The second-order valence-corrected chi connectivity index (χ2v) is 6.08. The van der Waals surface area contributed by atoms with E-state index >= 15 is 0 Å². The summed E-state index contributed by atoms with van der Waals surface area (Å²) in [5, 5.41) is 12.5. The number of hydrogen-bond acceptors (Lipinski definition) is 5. The van der Waals surface area contributed by atoms with E-state index < -0.39 is 5.91 Å². The molecule has 0 aliphatic heterocycles. The molecule has 0 spiro atoms. The monoisotopic (exact) mass is 350 g/mol. The van der Waals surface area contributed by atoms with Gasteiger partial charge in [0.15, 0.2) is 5.09 Å². The van der Waals surface area contributed by atoms with Crippen molar-refractivity contribution in [2.24, 2.45) is 0 Å². The van der Waals surface area contributed by atoms with Gasteiger partial charge in [0.25, 0.3) is 5.91 Å². The number of amides is 1. The van der Waals surface area contributed by atoms with Gasteiger partial charge in [-0.15, -0.1) is 0 Å². The van der Waals surface area contributed by atoms with Crippen LogP contribution < -0.4 is 5.32 Å². The predicted octanol–water partition coefficient (Wildman–Crippen LogP) is 4.25. The molecule has 1 N–H and O–H groups in total. The first-order valence-corrected chi connectivity index (χ1v) is 8.31. The Bertz CT molecular complexity index is 906. The van der Waals surface area contributed by atoms with Gasteiger partial charge < -0.3 is 14.2 Å². The summed E-state index contributed by atoms with van der Waals surface area (Å²) in [6, 6.07) is 18.7. The summed E-state index contributed by atoms with van der Waals surface area (Å²) in [7, 11) is 0. The first-order chi connectivity index (χ1) is 12.2. The Morgan fingerprint density at radius 2 is 2.00 bits per heavy atom. The Balaban J connectivity index is 1.65. The Morgan fingerprint density at radius 3 is 2.72 bits per heavy atom. The lowest BCUT2D eigenvalue weighted by molar-refractivity contribution is -0.117. The van der Waals surface area contributed by atoms with Gasteiger partial charge in [0.05, 0.1) is 12.8 Å². The van der Waals surface area contributed by atoms with Crippen LogP contribution >= 0.6 is 11.8 Å². The number of nitrogens with zero attached hydrogens (tertiary/aromatic N) is 1. The minimum Gasteiger partial charge on any atom is -0.467 e. The van der Waals surface area contributed by atoms with E-state index in [1.165, 1.54) is 24.1 Å². The lowest BCUT2D eigenvalue weighted by atomic mass is 10.2. The van der Waals surface area contributed by atoms with Crippen LogP contribution in [0.3, 0.4) is 0 Å². The lowest BCUT2D eigenvalue weighted by Crippen LogP contribution is -2.23. The molecule has 0 fully saturated rings. The highest BCUT2D eigenvalue weighted by Gasteiger charge is 2.11. The van der Waals surface area contributed by atoms with E-state index in [9.17, 15) is 10.1 Å². The summed E-state index contributed by atoms with van der Waals surface area (Å²) in [6.45, 7) is 0.220. The van der Waals surface area contributed by atoms with Crippen molar-refractivity contribution >= 4 is 23.7 Å². The zero-order valence-corrected chi connectivity index (χ0v) is 14.0. The normalized spacial score (nSPS) is 11.1. The molecule has 3 aromatic rings. The molecular weight excluding hydrogens is 336 g/mol. The van der Waals surface area contributed by atoms with E-state index in [2.05, 4.69) is 5.32 Å². The molecule has 0 bridgehead atoms. The number of nitrogens with one attached hydrogen (secondary N) is 1. The van der Waals surface area contributed by atoms with E-state index in [1.807, 2.05) is 36.4 Å². The Kier molecular flexibility index (Phi) is 5.39. The summed E-state index contributed by atoms with van der Waals surface area (Å²) >= 11 is 1.47. The molecule has 2 heterocycles. The van der Waals surface area contributed by atoms with Crippen LogP contribution in [0.15, 0.2) is 85.3 Å². The standard InChI is InChI=1S/C19H14N2O3S/c20-12-14(19(22)21-13-16-5-4-10-23-16)11-15-8-9-18(24-15)25-17-6-2-1-3-7-17/h1-11H,13H2,(H,21,22)/b14-11+. The maximum Gasteiger partial charge on any atom is 0.262 e. The van der Waals surface area contributed by atoms with Gasteiger partial charge >= 0.3 is 0 Å². The van der Waals surface area contributed by atoms with Crippen LogP contribution in [-0.4, -0.2) is 5.91 Å². The molecule has 0 saturated heterocycles. The highest BCUT2D eigenvalue weighted by Crippen LogP contribution is 2.29.